The Morgan fingerprint density at radius 2 is 1.55 bits per heavy atom. The molecule has 0 amide bonds. The van der Waals surface area contributed by atoms with E-state index in [0.29, 0.717) is 12.5 Å². The molecule has 0 fully saturated rings. The fraction of sp³-hybridized carbons (Fsp3) is 0.156. The molecule has 1 aromatic heterocycles. The summed E-state index contributed by atoms with van der Waals surface area (Å²) < 4.78 is 2.58. The lowest BCUT2D eigenvalue weighted by Gasteiger charge is -2.39. The minimum absolute atomic E-state index is 0.350. The van der Waals surface area contributed by atoms with Crippen LogP contribution >= 0.6 is 0 Å². The molecular formula is C45H38N2. The molecule has 2 atom stereocenters. The zero-order chi connectivity index (χ0) is 31.5. The van der Waals surface area contributed by atoms with E-state index in [2.05, 4.69) is 157 Å². The highest BCUT2D eigenvalue weighted by Gasteiger charge is 2.52. The molecule has 3 aliphatic rings. The van der Waals surface area contributed by atoms with Gasteiger partial charge in [-0.3, -0.25) is 0 Å². The third kappa shape index (κ3) is 4.08. The van der Waals surface area contributed by atoms with Gasteiger partial charge in [-0.25, -0.2) is 0 Å². The molecule has 2 heteroatoms. The Balaban J connectivity index is 1.46. The minimum Gasteiger partial charge on any atom is -0.326 e. The molecule has 0 radical (unpaired) electrons. The molecular weight excluding hydrogens is 569 g/mol. The summed E-state index contributed by atoms with van der Waals surface area (Å²) in [4.78, 5) is 0. The van der Waals surface area contributed by atoms with Crippen LogP contribution in [0.25, 0.3) is 38.9 Å². The lowest BCUT2D eigenvalue weighted by atomic mass is 9.63. The van der Waals surface area contributed by atoms with Gasteiger partial charge in [-0.15, -0.1) is 0 Å². The van der Waals surface area contributed by atoms with Gasteiger partial charge in [0.1, 0.15) is 0 Å². The smallest absolute Gasteiger partial charge is 0.0727 e. The molecule has 6 aromatic rings. The van der Waals surface area contributed by atoms with Crippen LogP contribution in [0.5, 0.6) is 0 Å². The van der Waals surface area contributed by atoms with E-state index in [1.807, 2.05) is 0 Å². The van der Waals surface area contributed by atoms with Crippen LogP contribution < -0.4 is 5.73 Å². The summed E-state index contributed by atoms with van der Waals surface area (Å²) in [6.07, 6.45) is 10.4. The monoisotopic (exact) mass is 606 g/mol. The molecule has 2 N–H and O–H groups in total. The van der Waals surface area contributed by atoms with Crippen LogP contribution in [0.1, 0.15) is 65.6 Å². The van der Waals surface area contributed by atoms with E-state index in [1.54, 1.807) is 0 Å². The number of hydrogen-bond acceptors (Lipinski definition) is 1. The predicted octanol–water partition coefficient (Wildman–Crippen LogP) is 10.8. The van der Waals surface area contributed by atoms with Crippen molar-refractivity contribution in [2.45, 2.75) is 44.1 Å². The molecule has 1 heterocycles. The van der Waals surface area contributed by atoms with Crippen LogP contribution in [0.3, 0.4) is 0 Å². The number of allylic oxidation sites excluding steroid dienone is 6. The van der Waals surface area contributed by atoms with Gasteiger partial charge in [-0.05, 0) is 99.0 Å². The first-order chi connectivity index (χ1) is 23.2. The molecule has 9 rings (SSSR count). The average molecular weight is 607 g/mol. The molecule has 0 aliphatic heterocycles. The summed E-state index contributed by atoms with van der Waals surface area (Å²) in [5.74, 6) is 0.350. The van der Waals surface area contributed by atoms with Crippen LogP contribution in [-0.2, 0) is 12.0 Å². The van der Waals surface area contributed by atoms with E-state index in [-0.39, 0.29) is 0 Å². The van der Waals surface area contributed by atoms with Crippen molar-refractivity contribution in [3.63, 3.8) is 0 Å². The van der Waals surface area contributed by atoms with Gasteiger partial charge in [0.05, 0.1) is 16.6 Å². The highest BCUT2D eigenvalue weighted by molar-refractivity contribution is 6.11. The molecule has 3 aliphatic carbocycles. The molecule has 0 saturated heterocycles. The van der Waals surface area contributed by atoms with Gasteiger partial charge in [-0.2, -0.15) is 0 Å². The van der Waals surface area contributed by atoms with Crippen LogP contribution in [0.4, 0.5) is 0 Å². The second-order valence-corrected chi connectivity index (χ2v) is 13.3. The minimum atomic E-state index is -0.432. The Bertz CT molecular complexity index is 2260. The van der Waals surface area contributed by atoms with Crippen molar-refractivity contribution < 1.29 is 0 Å². The van der Waals surface area contributed by atoms with E-state index >= 15 is 0 Å². The first kappa shape index (κ1) is 28.1. The second-order valence-electron chi connectivity index (χ2n) is 13.3. The number of aromatic nitrogens is 1. The number of fused-ring (bicyclic) bond motifs is 6. The quantitative estimate of drug-likeness (QED) is 0.208. The topological polar surface area (TPSA) is 30.9 Å². The molecule has 228 valence electrons. The van der Waals surface area contributed by atoms with Gasteiger partial charge in [0.25, 0.3) is 0 Å². The van der Waals surface area contributed by atoms with Crippen molar-refractivity contribution in [2.75, 3.05) is 0 Å². The van der Waals surface area contributed by atoms with E-state index in [1.165, 1.54) is 66.7 Å². The number of nitrogens with two attached hydrogens (primary N) is 1. The predicted molar refractivity (Wildman–Crippen MR) is 197 cm³/mol. The second kappa shape index (κ2) is 11.0. The first-order valence-corrected chi connectivity index (χ1v) is 17.0. The zero-order valence-electron chi connectivity index (χ0n) is 26.8. The van der Waals surface area contributed by atoms with Crippen molar-refractivity contribution in [1.82, 2.24) is 4.57 Å². The van der Waals surface area contributed by atoms with Crippen molar-refractivity contribution in [1.29, 1.82) is 0 Å². The van der Waals surface area contributed by atoms with Crippen LogP contribution in [0, 0.1) is 0 Å². The van der Waals surface area contributed by atoms with Gasteiger partial charge in [-0.1, -0.05) is 134 Å². The third-order valence-corrected chi connectivity index (χ3v) is 10.7. The van der Waals surface area contributed by atoms with Crippen molar-refractivity contribution in [3.8, 4) is 16.8 Å². The summed E-state index contributed by atoms with van der Waals surface area (Å²) in [7, 11) is 0. The first-order valence-electron chi connectivity index (χ1n) is 17.0. The van der Waals surface area contributed by atoms with E-state index in [9.17, 15) is 0 Å². The summed E-state index contributed by atoms with van der Waals surface area (Å²) >= 11 is 0. The summed E-state index contributed by atoms with van der Waals surface area (Å²) in [6, 6.07) is 47.2. The van der Waals surface area contributed by atoms with Crippen LogP contribution in [0.2, 0.25) is 0 Å². The molecule has 0 saturated carbocycles. The maximum absolute atomic E-state index is 6.27. The van der Waals surface area contributed by atoms with E-state index in [0.717, 1.165) is 30.5 Å². The van der Waals surface area contributed by atoms with Crippen LogP contribution in [-0.4, -0.2) is 4.57 Å². The largest absolute Gasteiger partial charge is 0.326 e. The van der Waals surface area contributed by atoms with Crippen molar-refractivity contribution in [2.24, 2.45) is 5.73 Å². The van der Waals surface area contributed by atoms with Gasteiger partial charge in [0.2, 0.25) is 0 Å². The number of hydrogen-bond donors (Lipinski definition) is 1. The molecule has 2 unspecified atom stereocenters. The zero-order valence-corrected chi connectivity index (χ0v) is 26.8. The highest BCUT2D eigenvalue weighted by Crippen LogP contribution is 2.64. The Morgan fingerprint density at radius 1 is 0.766 bits per heavy atom. The fourth-order valence-electron chi connectivity index (χ4n) is 8.81. The lowest BCUT2D eigenvalue weighted by Crippen LogP contribution is -2.32. The van der Waals surface area contributed by atoms with Crippen LogP contribution in [0.15, 0.2) is 151 Å². The molecule has 0 bridgehead atoms. The molecule has 2 nitrogen and oxygen atoms in total. The molecule has 0 spiro atoms. The van der Waals surface area contributed by atoms with Gasteiger partial charge in [0.15, 0.2) is 0 Å². The number of rotatable bonds is 5. The van der Waals surface area contributed by atoms with E-state index in [4.69, 9.17) is 5.73 Å². The van der Waals surface area contributed by atoms with Gasteiger partial charge >= 0.3 is 0 Å². The fourth-order valence-corrected chi connectivity index (χ4v) is 8.81. The highest BCUT2D eigenvalue weighted by atomic mass is 15.0. The van der Waals surface area contributed by atoms with Gasteiger partial charge < -0.3 is 10.3 Å². The lowest BCUT2D eigenvalue weighted by molar-refractivity contribution is 0.750. The summed E-state index contributed by atoms with van der Waals surface area (Å²) in [5.41, 5.74) is 23.0. The number of nitrogens with zero attached hydrogens (tertiary/aromatic N) is 1. The summed E-state index contributed by atoms with van der Waals surface area (Å²) in [6.45, 7) is 2.94. The maximum atomic E-state index is 6.27. The Kier molecular flexibility index (Phi) is 6.55. The van der Waals surface area contributed by atoms with Crippen molar-refractivity contribution in [3.05, 3.63) is 185 Å². The number of benzene rings is 5. The Morgan fingerprint density at radius 3 is 2.34 bits per heavy atom. The molecule has 5 aromatic carbocycles. The van der Waals surface area contributed by atoms with Gasteiger partial charge in [0, 0.05) is 17.6 Å². The average Bonchev–Trinajstić information content (AvgIpc) is 3.64. The standard InChI is InChI=1S/C45H38N2/c1-30-26-39-37-22-11-12-23-40(37)45(34-17-7-3-8-18-34,35-19-9-4-10-20-35)43(39)44-42(30)38-25-24-33(32-15-5-2-6-16-32)28-41(38)47(44)36-21-13-14-31(27-36)29-46/h2-3,5-9,11-25,27-28,30H,4,10,26,29,46H2,1H3. The SMILES string of the molecule is CC1CC2=C(c3c1c1ccc(-c4ccccc4)cc1n3-c1cccc(CN)c1)C(C1=CCCC=C1)(c1ccccc1)c1ccccc12. The van der Waals surface area contributed by atoms with E-state index < -0.39 is 5.41 Å². The summed E-state index contributed by atoms with van der Waals surface area (Å²) in [5, 5.41) is 1.34. The Labute approximate surface area is 277 Å². The third-order valence-electron chi connectivity index (χ3n) is 10.7. The van der Waals surface area contributed by atoms with Crippen molar-refractivity contribution >= 4 is 22.0 Å². The Hall–Kier alpha value is -5.18. The maximum Gasteiger partial charge on any atom is 0.0727 e. The normalized spacial score (nSPS) is 19.8. The molecule has 47 heavy (non-hydrogen) atoms.